The van der Waals surface area contributed by atoms with Crippen LogP contribution in [0.1, 0.15) is 31.3 Å². The van der Waals surface area contributed by atoms with E-state index in [0.29, 0.717) is 12.4 Å². The molecule has 1 aromatic carbocycles. The summed E-state index contributed by atoms with van der Waals surface area (Å²) in [6.45, 7) is 9.59. The molecule has 6 heteroatoms. The molecule has 0 spiro atoms. The number of ether oxygens (including phenoxy) is 1. The number of carbonyl (C=O) groups is 1. The molecule has 0 amide bonds. The maximum Gasteiger partial charge on any atom is 0.360 e. The van der Waals surface area contributed by atoms with Crippen molar-refractivity contribution in [3.63, 3.8) is 0 Å². The summed E-state index contributed by atoms with van der Waals surface area (Å²) in [5.41, 5.74) is 2.34. The number of likely N-dealkylation sites (N-methyl/N-ethyl adjacent to an activating group) is 1. The quantitative estimate of drug-likeness (QED) is 0.795. The second kappa shape index (κ2) is 6.88. The van der Waals surface area contributed by atoms with E-state index in [1.807, 2.05) is 12.1 Å². The van der Waals surface area contributed by atoms with Crippen molar-refractivity contribution in [2.75, 3.05) is 38.2 Å². The number of esters is 1. The van der Waals surface area contributed by atoms with Gasteiger partial charge in [0.25, 0.3) is 0 Å². The monoisotopic (exact) mass is 343 g/mol. The molecule has 134 valence electrons. The molecule has 0 aliphatic carbocycles. The summed E-state index contributed by atoms with van der Waals surface area (Å²) >= 11 is 0. The topological polar surface area (TPSA) is 58.8 Å². The van der Waals surface area contributed by atoms with Gasteiger partial charge in [-0.15, -0.1) is 0 Å². The number of carbonyl (C=O) groups excluding carboxylic acids is 1. The molecule has 1 aromatic heterocycles. The van der Waals surface area contributed by atoms with Crippen LogP contribution in [0.2, 0.25) is 0 Å². The number of rotatable bonds is 4. The van der Waals surface area contributed by atoms with Crippen LogP contribution in [-0.4, -0.2) is 54.7 Å². The summed E-state index contributed by atoms with van der Waals surface area (Å²) in [7, 11) is 2.17. The van der Waals surface area contributed by atoms with E-state index in [-0.39, 0.29) is 11.2 Å². The van der Waals surface area contributed by atoms with Crippen molar-refractivity contribution in [1.29, 1.82) is 0 Å². The first kappa shape index (κ1) is 17.5. The lowest BCUT2D eigenvalue weighted by molar-refractivity contribution is 0.0520. The Balaban J connectivity index is 1.80. The molecule has 0 unspecified atom stereocenters. The molecule has 3 rings (SSSR count). The summed E-state index contributed by atoms with van der Waals surface area (Å²) in [6, 6.07) is 8.05. The smallest absolute Gasteiger partial charge is 0.360 e. The summed E-state index contributed by atoms with van der Waals surface area (Å²) in [6.07, 6.45) is 1.28. The third kappa shape index (κ3) is 3.54. The van der Waals surface area contributed by atoms with Crippen molar-refractivity contribution in [2.24, 2.45) is 0 Å². The first-order valence-electron chi connectivity index (χ1n) is 8.59. The Morgan fingerprint density at radius 3 is 2.64 bits per heavy atom. The van der Waals surface area contributed by atoms with Gasteiger partial charge >= 0.3 is 5.97 Å². The minimum absolute atomic E-state index is 0.138. The fourth-order valence-electron chi connectivity index (χ4n) is 3.08. The second-order valence-corrected chi connectivity index (χ2v) is 6.95. The molecule has 1 aliphatic heterocycles. The van der Waals surface area contributed by atoms with Crippen molar-refractivity contribution in [1.82, 2.24) is 9.88 Å². The Labute approximate surface area is 148 Å². The van der Waals surface area contributed by atoms with E-state index in [1.54, 1.807) is 6.92 Å². The summed E-state index contributed by atoms with van der Waals surface area (Å²) in [5.74, 6) is -0.0140. The molecular formula is C19H25N3O3. The van der Waals surface area contributed by atoms with Gasteiger partial charge in [0.2, 0.25) is 0 Å². The fourth-order valence-corrected chi connectivity index (χ4v) is 3.08. The van der Waals surface area contributed by atoms with Gasteiger partial charge in [-0.3, -0.25) is 4.90 Å². The van der Waals surface area contributed by atoms with Gasteiger partial charge in [0.15, 0.2) is 17.8 Å². The van der Waals surface area contributed by atoms with E-state index in [0.717, 1.165) is 25.2 Å². The van der Waals surface area contributed by atoms with Gasteiger partial charge in [0.05, 0.1) is 6.61 Å². The third-order valence-electron chi connectivity index (χ3n) is 4.85. The van der Waals surface area contributed by atoms with Gasteiger partial charge in [-0.05, 0) is 52.1 Å². The lowest BCUT2D eigenvalue weighted by Gasteiger charge is -2.46. The first-order chi connectivity index (χ1) is 11.9. The molecule has 1 saturated heterocycles. The van der Waals surface area contributed by atoms with Crippen molar-refractivity contribution in [2.45, 2.75) is 26.3 Å². The largest absolute Gasteiger partial charge is 0.461 e. The maximum absolute atomic E-state index is 12.0. The van der Waals surface area contributed by atoms with Crippen molar-refractivity contribution in [3.05, 3.63) is 36.4 Å². The van der Waals surface area contributed by atoms with E-state index in [9.17, 15) is 4.79 Å². The summed E-state index contributed by atoms with van der Waals surface area (Å²) in [4.78, 5) is 20.7. The molecule has 6 nitrogen and oxygen atoms in total. The maximum atomic E-state index is 12.0. The van der Waals surface area contributed by atoms with Crippen molar-refractivity contribution < 1.29 is 13.9 Å². The van der Waals surface area contributed by atoms with Crippen molar-refractivity contribution in [3.8, 4) is 11.3 Å². The van der Waals surface area contributed by atoms with Crippen LogP contribution < -0.4 is 4.90 Å². The number of hydrogen-bond donors (Lipinski definition) is 0. The Bertz CT molecular complexity index is 737. The van der Waals surface area contributed by atoms with Gasteiger partial charge in [0.1, 0.15) is 0 Å². The molecule has 0 atom stereocenters. The summed E-state index contributed by atoms with van der Waals surface area (Å²) < 4.78 is 10.4. The van der Waals surface area contributed by atoms with Crippen LogP contribution >= 0.6 is 0 Å². The van der Waals surface area contributed by atoms with Crippen LogP contribution in [0.25, 0.3) is 11.3 Å². The highest BCUT2D eigenvalue weighted by Crippen LogP contribution is 2.29. The normalized spacial score (nSPS) is 17.5. The number of piperazine rings is 1. The van der Waals surface area contributed by atoms with Gasteiger partial charge < -0.3 is 14.1 Å². The molecule has 0 radical (unpaired) electrons. The fraction of sp³-hybridized carbons (Fsp3) is 0.474. The predicted molar refractivity (Wildman–Crippen MR) is 96.8 cm³/mol. The Hall–Kier alpha value is -2.34. The molecule has 0 N–H and O–H groups in total. The van der Waals surface area contributed by atoms with E-state index in [2.05, 4.69) is 47.8 Å². The Kier molecular flexibility index (Phi) is 4.81. The average molecular weight is 343 g/mol. The highest BCUT2D eigenvalue weighted by atomic mass is 16.5. The van der Waals surface area contributed by atoms with Crippen molar-refractivity contribution >= 4 is 11.7 Å². The molecular weight excluding hydrogens is 318 g/mol. The third-order valence-corrected chi connectivity index (χ3v) is 4.85. The second-order valence-electron chi connectivity index (χ2n) is 6.95. The number of anilines is 1. The SMILES string of the molecule is CCOC(=O)c1ncoc1-c1ccc(N2CCN(C)C(C)(C)C2)cc1. The van der Waals surface area contributed by atoms with E-state index >= 15 is 0 Å². The van der Waals surface area contributed by atoms with Gasteiger partial charge in [-0.1, -0.05) is 0 Å². The average Bonchev–Trinajstić information content (AvgIpc) is 3.07. The minimum Gasteiger partial charge on any atom is -0.461 e. The first-order valence-corrected chi connectivity index (χ1v) is 8.59. The van der Waals surface area contributed by atoms with Gasteiger partial charge in [-0.2, -0.15) is 0 Å². The van der Waals surface area contributed by atoms with Crippen LogP contribution in [0.15, 0.2) is 35.1 Å². The lowest BCUT2D eigenvalue weighted by Crippen LogP contribution is -2.57. The number of benzene rings is 1. The van der Waals surface area contributed by atoms with E-state index in [1.165, 1.54) is 12.1 Å². The molecule has 0 saturated carbocycles. The van der Waals surface area contributed by atoms with E-state index < -0.39 is 5.97 Å². The van der Waals surface area contributed by atoms with E-state index in [4.69, 9.17) is 9.15 Å². The Morgan fingerprint density at radius 2 is 2.00 bits per heavy atom. The van der Waals surface area contributed by atoms with Crippen LogP contribution in [0.4, 0.5) is 5.69 Å². The number of hydrogen-bond acceptors (Lipinski definition) is 6. The zero-order chi connectivity index (χ0) is 18.0. The number of nitrogens with zero attached hydrogens (tertiary/aromatic N) is 3. The molecule has 0 bridgehead atoms. The zero-order valence-corrected chi connectivity index (χ0v) is 15.3. The minimum atomic E-state index is -0.462. The van der Waals surface area contributed by atoms with Crippen LogP contribution in [0.5, 0.6) is 0 Å². The molecule has 2 aromatic rings. The van der Waals surface area contributed by atoms with Crippen LogP contribution in [0.3, 0.4) is 0 Å². The van der Waals surface area contributed by atoms with Gasteiger partial charge in [-0.25, -0.2) is 9.78 Å². The van der Waals surface area contributed by atoms with Crippen LogP contribution in [-0.2, 0) is 4.74 Å². The lowest BCUT2D eigenvalue weighted by atomic mass is 9.99. The standard InChI is InChI=1S/C19H25N3O3/c1-5-24-18(23)16-17(25-13-20-16)14-6-8-15(9-7-14)22-11-10-21(4)19(2,3)12-22/h6-9,13H,5,10-12H2,1-4H3. The van der Waals surface area contributed by atoms with Crippen LogP contribution in [0, 0.1) is 0 Å². The molecule has 25 heavy (non-hydrogen) atoms. The van der Waals surface area contributed by atoms with Gasteiger partial charge in [0, 0.05) is 36.4 Å². The number of aromatic nitrogens is 1. The number of oxazole rings is 1. The highest BCUT2D eigenvalue weighted by molar-refractivity contribution is 5.93. The summed E-state index contributed by atoms with van der Waals surface area (Å²) in [5, 5.41) is 0. The molecule has 2 heterocycles. The highest BCUT2D eigenvalue weighted by Gasteiger charge is 2.31. The molecule has 1 fully saturated rings. The predicted octanol–water partition coefficient (Wildman–Crippen LogP) is 3.05. The zero-order valence-electron chi connectivity index (χ0n) is 15.3. The molecule has 1 aliphatic rings. The Morgan fingerprint density at radius 1 is 1.28 bits per heavy atom.